The van der Waals surface area contributed by atoms with E-state index < -0.39 is 0 Å². The van der Waals surface area contributed by atoms with Crippen molar-refractivity contribution in [3.05, 3.63) is 47.0 Å². The van der Waals surface area contributed by atoms with E-state index in [0.717, 1.165) is 53.1 Å². The minimum Gasteiger partial charge on any atom is -0.347 e. The third-order valence-electron chi connectivity index (χ3n) is 5.88. The number of hydrogen-bond acceptors (Lipinski definition) is 5. The smallest absolute Gasteiger partial charge is 0.331 e. The summed E-state index contributed by atoms with van der Waals surface area (Å²) in [6.07, 6.45) is 3.69. The molecule has 31 heavy (non-hydrogen) atoms. The summed E-state index contributed by atoms with van der Waals surface area (Å²) in [6.45, 7) is 6.01. The lowest BCUT2D eigenvalue weighted by Crippen LogP contribution is -2.45. The highest BCUT2D eigenvalue weighted by Crippen LogP contribution is 2.45. The maximum atomic E-state index is 13.2. The zero-order valence-electron chi connectivity index (χ0n) is 17.6. The standard InChI is InChI=1S/C23H25N5O2S/c1-13(2)14-5-3-7-16(11-14)28-17-8-10-25-22-18(17)19(27-23(28)30)20(31-22)21(29)26-15-6-4-9-24-12-15/h3,5,7-8,10-11,13,15,24H,4,6,9,12H2,1-2H3,(H,26,29)(H,27,30). The van der Waals surface area contributed by atoms with Gasteiger partial charge in [0.1, 0.15) is 9.71 Å². The Bertz CT molecular complexity index is 1170. The van der Waals surface area contributed by atoms with E-state index in [1.54, 1.807) is 11.1 Å². The molecular weight excluding hydrogens is 410 g/mol. The molecule has 1 unspecified atom stereocenters. The van der Waals surface area contributed by atoms with Crippen molar-refractivity contribution in [3.8, 4) is 0 Å². The molecule has 0 radical (unpaired) electrons. The second kappa shape index (κ2) is 7.94. The number of amides is 3. The molecule has 1 aromatic carbocycles. The Labute approximate surface area is 184 Å². The SMILES string of the molecule is CC(C)c1cccc(N2C(=O)Nc3c(C(=O)NC4CCCNC4)sc4nccc2c34)c1. The molecule has 160 valence electrons. The molecule has 3 aromatic rings. The third kappa shape index (κ3) is 3.55. The van der Waals surface area contributed by atoms with Crippen LogP contribution in [0.15, 0.2) is 36.5 Å². The molecule has 1 atom stereocenters. The fourth-order valence-corrected chi connectivity index (χ4v) is 5.27. The summed E-state index contributed by atoms with van der Waals surface area (Å²) in [6, 6.07) is 9.67. The average Bonchev–Trinajstić information content (AvgIpc) is 3.14. The summed E-state index contributed by atoms with van der Waals surface area (Å²) in [5.41, 5.74) is 3.27. The lowest BCUT2D eigenvalue weighted by molar-refractivity contribution is 0.0935. The molecule has 2 aromatic heterocycles. The number of nitrogens with one attached hydrogen (secondary N) is 3. The van der Waals surface area contributed by atoms with Gasteiger partial charge in [-0.3, -0.25) is 9.69 Å². The summed E-state index contributed by atoms with van der Waals surface area (Å²) in [4.78, 5) is 33.6. The molecule has 2 aliphatic heterocycles. The largest absolute Gasteiger partial charge is 0.347 e. The van der Waals surface area contributed by atoms with Crippen LogP contribution >= 0.6 is 11.3 Å². The van der Waals surface area contributed by atoms with Crippen molar-refractivity contribution in [1.82, 2.24) is 15.6 Å². The van der Waals surface area contributed by atoms with Crippen LogP contribution in [0.3, 0.4) is 0 Å². The van der Waals surface area contributed by atoms with E-state index in [4.69, 9.17) is 0 Å². The molecule has 3 N–H and O–H groups in total. The molecule has 1 fully saturated rings. The minimum atomic E-state index is -0.271. The van der Waals surface area contributed by atoms with Gasteiger partial charge in [0.25, 0.3) is 5.91 Å². The number of piperidine rings is 1. The Balaban J connectivity index is 1.56. The maximum absolute atomic E-state index is 13.2. The normalized spacial score (nSPS) is 18.4. The predicted octanol–water partition coefficient (Wildman–Crippen LogP) is 4.59. The lowest BCUT2D eigenvalue weighted by Gasteiger charge is -2.29. The van der Waals surface area contributed by atoms with E-state index in [2.05, 4.69) is 40.8 Å². The Hall–Kier alpha value is -2.97. The van der Waals surface area contributed by atoms with E-state index in [-0.39, 0.29) is 18.0 Å². The fourth-order valence-electron chi connectivity index (χ4n) is 4.25. The van der Waals surface area contributed by atoms with Crippen LogP contribution in [0.2, 0.25) is 0 Å². The minimum absolute atomic E-state index is 0.0978. The molecule has 0 saturated carbocycles. The summed E-state index contributed by atoms with van der Waals surface area (Å²) in [7, 11) is 0. The number of urea groups is 1. The zero-order valence-corrected chi connectivity index (χ0v) is 18.4. The van der Waals surface area contributed by atoms with Crippen LogP contribution in [0.5, 0.6) is 0 Å². The molecule has 8 heteroatoms. The van der Waals surface area contributed by atoms with Gasteiger partial charge in [-0.05, 0) is 49.1 Å². The van der Waals surface area contributed by atoms with Crippen molar-refractivity contribution >= 4 is 50.6 Å². The molecule has 1 saturated heterocycles. The van der Waals surface area contributed by atoms with Gasteiger partial charge >= 0.3 is 6.03 Å². The maximum Gasteiger partial charge on any atom is 0.331 e. The molecular formula is C23H25N5O2S. The van der Waals surface area contributed by atoms with Crippen molar-refractivity contribution in [1.29, 1.82) is 0 Å². The van der Waals surface area contributed by atoms with Crippen LogP contribution in [-0.2, 0) is 0 Å². The van der Waals surface area contributed by atoms with Crippen LogP contribution < -0.4 is 20.9 Å². The van der Waals surface area contributed by atoms with Crippen LogP contribution in [0.1, 0.15) is 47.8 Å². The Morgan fingerprint density at radius 2 is 2.19 bits per heavy atom. The van der Waals surface area contributed by atoms with E-state index in [9.17, 15) is 9.59 Å². The molecule has 0 aliphatic carbocycles. The molecule has 0 bridgehead atoms. The summed E-state index contributed by atoms with van der Waals surface area (Å²) >= 11 is 1.32. The van der Waals surface area contributed by atoms with Crippen molar-refractivity contribution in [2.75, 3.05) is 23.3 Å². The molecule has 5 rings (SSSR count). The quantitative estimate of drug-likeness (QED) is 0.560. The molecule has 3 amide bonds. The summed E-state index contributed by atoms with van der Waals surface area (Å²) < 4.78 is 0. The first-order valence-corrected chi connectivity index (χ1v) is 11.5. The number of carbonyl (C=O) groups is 2. The number of carbonyl (C=O) groups excluding carboxylic acids is 2. The second-order valence-electron chi connectivity index (χ2n) is 8.35. The topological polar surface area (TPSA) is 86.4 Å². The van der Waals surface area contributed by atoms with E-state index in [1.807, 2.05) is 24.3 Å². The van der Waals surface area contributed by atoms with Crippen molar-refractivity contribution in [3.63, 3.8) is 0 Å². The first-order valence-electron chi connectivity index (χ1n) is 10.7. The van der Waals surface area contributed by atoms with Crippen LogP contribution in [-0.4, -0.2) is 36.1 Å². The number of anilines is 3. The second-order valence-corrected chi connectivity index (χ2v) is 9.35. The van der Waals surface area contributed by atoms with Gasteiger partial charge < -0.3 is 16.0 Å². The number of rotatable bonds is 4. The molecule has 7 nitrogen and oxygen atoms in total. The zero-order chi connectivity index (χ0) is 21.5. The van der Waals surface area contributed by atoms with Gasteiger partial charge in [-0.25, -0.2) is 9.78 Å². The van der Waals surface area contributed by atoms with Gasteiger partial charge in [-0.1, -0.05) is 26.0 Å². The average molecular weight is 436 g/mol. The number of thiophene rings is 1. The van der Waals surface area contributed by atoms with Crippen LogP contribution in [0.4, 0.5) is 21.9 Å². The number of hydrogen-bond donors (Lipinski definition) is 3. The Morgan fingerprint density at radius 1 is 1.32 bits per heavy atom. The Kier molecular flexibility index (Phi) is 5.11. The highest BCUT2D eigenvalue weighted by Gasteiger charge is 2.33. The van der Waals surface area contributed by atoms with Crippen molar-refractivity contribution in [2.45, 2.75) is 38.6 Å². The first kappa shape index (κ1) is 20.0. The lowest BCUT2D eigenvalue weighted by atomic mass is 10.0. The van der Waals surface area contributed by atoms with Crippen LogP contribution in [0.25, 0.3) is 10.2 Å². The van der Waals surface area contributed by atoms with Gasteiger partial charge in [0.15, 0.2) is 0 Å². The van der Waals surface area contributed by atoms with Gasteiger partial charge in [0, 0.05) is 18.8 Å². The van der Waals surface area contributed by atoms with Crippen molar-refractivity contribution in [2.24, 2.45) is 0 Å². The first-order chi connectivity index (χ1) is 15.0. The third-order valence-corrected chi connectivity index (χ3v) is 6.98. The van der Waals surface area contributed by atoms with Gasteiger partial charge in [-0.15, -0.1) is 11.3 Å². The highest BCUT2D eigenvalue weighted by atomic mass is 32.1. The molecule has 0 spiro atoms. The van der Waals surface area contributed by atoms with Gasteiger partial charge in [-0.2, -0.15) is 0 Å². The van der Waals surface area contributed by atoms with Gasteiger partial charge in [0.05, 0.1) is 22.4 Å². The number of benzene rings is 1. The fraction of sp³-hybridized carbons (Fsp3) is 0.348. The number of nitrogens with zero attached hydrogens (tertiary/aromatic N) is 2. The predicted molar refractivity (Wildman–Crippen MR) is 125 cm³/mol. The van der Waals surface area contributed by atoms with Gasteiger partial charge in [0.2, 0.25) is 0 Å². The number of aromatic nitrogens is 1. The molecule has 2 aliphatic rings. The highest BCUT2D eigenvalue weighted by molar-refractivity contribution is 7.21. The summed E-state index contributed by atoms with van der Waals surface area (Å²) in [5.74, 6) is 0.194. The van der Waals surface area contributed by atoms with Crippen molar-refractivity contribution < 1.29 is 9.59 Å². The molecule has 4 heterocycles. The summed E-state index contributed by atoms with van der Waals surface area (Å²) in [5, 5.41) is 10.2. The van der Waals surface area contributed by atoms with E-state index in [0.29, 0.717) is 16.5 Å². The van der Waals surface area contributed by atoms with E-state index >= 15 is 0 Å². The van der Waals surface area contributed by atoms with E-state index in [1.165, 1.54) is 11.3 Å². The monoisotopic (exact) mass is 435 g/mol. The number of pyridine rings is 1. The Morgan fingerprint density at radius 3 is 2.97 bits per heavy atom. The van der Waals surface area contributed by atoms with Crippen LogP contribution in [0, 0.1) is 0 Å².